The van der Waals surface area contributed by atoms with Crippen LogP contribution in [0.5, 0.6) is 5.75 Å². The zero-order chi connectivity index (χ0) is 20.8. The van der Waals surface area contributed by atoms with Gasteiger partial charge in [0.1, 0.15) is 17.3 Å². The van der Waals surface area contributed by atoms with E-state index in [-0.39, 0.29) is 12.3 Å². The van der Waals surface area contributed by atoms with E-state index in [1.54, 1.807) is 24.3 Å². The largest absolute Gasteiger partial charge is 0.483 e. The molecule has 0 spiro atoms. The molecule has 1 N–H and O–H groups in total. The molecule has 0 atom stereocenters. The predicted octanol–water partition coefficient (Wildman–Crippen LogP) is 4.00. The summed E-state index contributed by atoms with van der Waals surface area (Å²) in [4.78, 5) is 22.3. The standard InChI is InChI=1S/C21H19N3O5/c1-14-5-3-6-15(2)21(14)28-13-20(25)23-22-12-18-9-10-19(29-18)16-7-4-8-17(11-16)24(26)27/h3-12H,13H2,1-2H3,(H,23,25). The van der Waals surface area contributed by atoms with Gasteiger partial charge >= 0.3 is 0 Å². The number of hydrogen-bond acceptors (Lipinski definition) is 6. The third-order valence-electron chi connectivity index (χ3n) is 4.11. The van der Waals surface area contributed by atoms with Gasteiger partial charge in [-0.05, 0) is 37.1 Å². The van der Waals surface area contributed by atoms with Crippen molar-refractivity contribution in [3.8, 4) is 17.1 Å². The number of furan rings is 1. The van der Waals surface area contributed by atoms with E-state index in [1.807, 2.05) is 32.0 Å². The number of non-ortho nitro benzene ring substituents is 1. The van der Waals surface area contributed by atoms with Gasteiger partial charge < -0.3 is 9.15 Å². The number of carbonyl (C=O) groups excluding carboxylic acids is 1. The molecule has 3 rings (SSSR count). The topological polar surface area (TPSA) is 107 Å². The molecule has 148 valence electrons. The van der Waals surface area contributed by atoms with Crippen LogP contribution in [0, 0.1) is 24.0 Å². The van der Waals surface area contributed by atoms with Crippen LogP contribution in [0.3, 0.4) is 0 Å². The zero-order valence-corrected chi connectivity index (χ0v) is 15.9. The van der Waals surface area contributed by atoms with Crippen LogP contribution in [-0.2, 0) is 4.79 Å². The highest BCUT2D eigenvalue weighted by molar-refractivity contribution is 5.81. The summed E-state index contributed by atoms with van der Waals surface area (Å²) in [7, 11) is 0. The molecular formula is C21H19N3O5. The molecule has 1 amide bonds. The van der Waals surface area contributed by atoms with Crippen molar-refractivity contribution in [2.45, 2.75) is 13.8 Å². The number of hydrazone groups is 1. The normalized spacial score (nSPS) is 10.8. The number of benzene rings is 2. The Morgan fingerprint density at radius 1 is 1.17 bits per heavy atom. The van der Waals surface area contributed by atoms with Crippen molar-refractivity contribution in [1.29, 1.82) is 0 Å². The molecule has 0 aliphatic carbocycles. The summed E-state index contributed by atoms with van der Waals surface area (Å²) < 4.78 is 11.2. The lowest BCUT2D eigenvalue weighted by Gasteiger charge is -2.10. The quantitative estimate of drug-likeness (QED) is 0.371. The minimum Gasteiger partial charge on any atom is -0.483 e. The molecule has 29 heavy (non-hydrogen) atoms. The summed E-state index contributed by atoms with van der Waals surface area (Å²) in [5, 5.41) is 14.7. The van der Waals surface area contributed by atoms with E-state index in [0.29, 0.717) is 22.8 Å². The summed E-state index contributed by atoms with van der Waals surface area (Å²) in [6.07, 6.45) is 1.35. The summed E-state index contributed by atoms with van der Waals surface area (Å²) in [5.74, 6) is 1.12. The summed E-state index contributed by atoms with van der Waals surface area (Å²) >= 11 is 0. The second-order valence-corrected chi connectivity index (χ2v) is 6.31. The third kappa shape index (κ3) is 5.07. The van der Waals surface area contributed by atoms with E-state index in [4.69, 9.17) is 9.15 Å². The van der Waals surface area contributed by atoms with Gasteiger partial charge in [-0.3, -0.25) is 14.9 Å². The number of aryl methyl sites for hydroxylation is 2. The first-order valence-corrected chi connectivity index (χ1v) is 8.79. The highest BCUT2D eigenvalue weighted by Gasteiger charge is 2.10. The maximum atomic E-state index is 11.9. The van der Waals surface area contributed by atoms with Crippen molar-refractivity contribution < 1.29 is 18.9 Å². The summed E-state index contributed by atoms with van der Waals surface area (Å²) in [5.41, 5.74) is 4.82. The van der Waals surface area contributed by atoms with Crippen LogP contribution in [0.25, 0.3) is 11.3 Å². The molecule has 1 aromatic heterocycles. The molecule has 8 nitrogen and oxygen atoms in total. The Balaban J connectivity index is 1.56. The van der Waals surface area contributed by atoms with Crippen molar-refractivity contribution in [2.75, 3.05) is 6.61 Å². The van der Waals surface area contributed by atoms with Crippen molar-refractivity contribution in [3.63, 3.8) is 0 Å². The fourth-order valence-electron chi connectivity index (χ4n) is 2.71. The predicted molar refractivity (Wildman–Crippen MR) is 108 cm³/mol. The molecule has 3 aromatic rings. The lowest BCUT2D eigenvalue weighted by Crippen LogP contribution is -2.24. The number of para-hydroxylation sites is 1. The number of hydrogen-bond donors (Lipinski definition) is 1. The fraction of sp³-hybridized carbons (Fsp3) is 0.143. The van der Waals surface area contributed by atoms with Gasteiger partial charge in [0, 0.05) is 17.7 Å². The smallest absolute Gasteiger partial charge is 0.277 e. The molecule has 1 heterocycles. The minimum absolute atomic E-state index is 0.0229. The lowest BCUT2D eigenvalue weighted by molar-refractivity contribution is -0.384. The van der Waals surface area contributed by atoms with Crippen LogP contribution < -0.4 is 10.2 Å². The molecule has 0 saturated heterocycles. The number of amides is 1. The van der Waals surface area contributed by atoms with Crippen molar-refractivity contribution in [1.82, 2.24) is 5.43 Å². The Bertz CT molecular complexity index is 1050. The monoisotopic (exact) mass is 393 g/mol. The second kappa shape index (κ2) is 8.83. The second-order valence-electron chi connectivity index (χ2n) is 6.31. The highest BCUT2D eigenvalue weighted by atomic mass is 16.6. The van der Waals surface area contributed by atoms with Gasteiger partial charge in [0.15, 0.2) is 6.61 Å². The number of nitro benzene ring substituents is 1. The number of carbonyl (C=O) groups is 1. The van der Waals surface area contributed by atoms with Crippen molar-refractivity contribution >= 4 is 17.8 Å². The number of rotatable bonds is 7. The highest BCUT2D eigenvalue weighted by Crippen LogP contribution is 2.25. The van der Waals surface area contributed by atoms with Crippen molar-refractivity contribution in [3.05, 3.63) is 81.6 Å². The molecule has 2 aromatic carbocycles. The SMILES string of the molecule is Cc1cccc(C)c1OCC(=O)NN=Cc1ccc(-c2cccc([N+](=O)[O-])c2)o1. The molecule has 0 radical (unpaired) electrons. The first-order chi connectivity index (χ1) is 13.9. The Morgan fingerprint density at radius 2 is 1.90 bits per heavy atom. The van der Waals surface area contributed by atoms with Crippen LogP contribution in [0.15, 0.2) is 64.1 Å². The van der Waals surface area contributed by atoms with Crippen LogP contribution in [-0.4, -0.2) is 23.7 Å². The average Bonchev–Trinajstić information content (AvgIpc) is 3.16. The van der Waals surface area contributed by atoms with Gasteiger partial charge in [-0.1, -0.05) is 30.3 Å². The van der Waals surface area contributed by atoms with Gasteiger partial charge in [-0.15, -0.1) is 0 Å². The van der Waals surface area contributed by atoms with E-state index in [9.17, 15) is 14.9 Å². The number of nitro groups is 1. The maximum absolute atomic E-state index is 11.9. The zero-order valence-electron chi connectivity index (χ0n) is 15.9. The fourth-order valence-corrected chi connectivity index (χ4v) is 2.71. The van der Waals surface area contributed by atoms with Gasteiger partial charge in [-0.2, -0.15) is 5.10 Å². The first-order valence-electron chi connectivity index (χ1n) is 8.79. The summed E-state index contributed by atoms with van der Waals surface area (Å²) in [6.45, 7) is 3.66. The van der Waals surface area contributed by atoms with Crippen LogP contribution >= 0.6 is 0 Å². The van der Waals surface area contributed by atoms with Crippen LogP contribution in [0.4, 0.5) is 5.69 Å². The van der Waals surface area contributed by atoms with Crippen LogP contribution in [0.1, 0.15) is 16.9 Å². The average molecular weight is 393 g/mol. The number of ether oxygens (including phenoxy) is 1. The van der Waals surface area contributed by atoms with E-state index < -0.39 is 10.8 Å². The van der Waals surface area contributed by atoms with Gasteiger partial charge in [0.05, 0.1) is 11.1 Å². The Morgan fingerprint density at radius 3 is 2.62 bits per heavy atom. The molecule has 0 unspecified atom stereocenters. The first kappa shape index (κ1) is 19.8. The van der Waals surface area contributed by atoms with Gasteiger partial charge in [0.25, 0.3) is 11.6 Å². The number of nitrogens with zero attached hydrogens (tertiary/aromatic N) is 2. The van der Waals surface area contributed by atoms with Gasteiger partial charge in [-0.25, -0.2) is 5.43 Å². The molecular weight excluding hydrogens is 374 g/mol. The lowest BCUT2D eigenvalue weighted by atomic mass is 10.1. The molecule has 0 fully saturated rings. The van der Waals surface area contributed by atoms with Crippen LogP contribution in [0.2, 0.25) is 0 Å². The molecule has 0 saturated carbocycles. The number of nitrogens with one attached hydrogen (secondary N) is 1. The Labute approximate surface area is 167 Å². The van der Waals surface area contributed by atoms with E-state index >= 15 is 0 Å². The van der Waals surface area contributed by atoms with E-state index in [1.165, 1.54) is 18.3 Å². The summed E-state index contributed by atoms with van der Waals surface area (Å²) in [6, 6.07) is 15.2. The Hall–Kier alpha value is -3.94. The minimum atomic E-state index is -0.467. The molecule has 0 bridgehead atoms. The molecule has 8 heteroatoms. The van der Waals surface area contributed by atoms with Crippen molar-refractivity contribution in [2.24, 2.45) is 5.10 Å². The van der Waals surface area contributed by atoms with Gasteiger partial charge in [0.2, 0.25) is 0 Å². The van der Waals surface area contributed by atoms with E-state index in [2.05, 4.69) is 10.5 Å². The molecule has 0 aliphatic heterocycles. The maximum Gasteiger partial charge on any atom is 0.277 e. The van der Waals surface area contributed by atoms with E-state index in [0.717, 1.165) is 11.1 Å². The Kier molecular flexibility index (Phi) is 6.03. The third-order valence-corrected chi connectivity index (χ3v) is 4.11. The molecule has 0 aliphatic rings.